The first-order chi connectivity index (χ1) is 4.72. The Hall–Kier alpha value is -1.58. The lowest BCUT2D eigenvalue weighted by atomic mass is 10.2. The Morgan fingerprint density at radius 3 is 1.40 bits per heavy atom. The Balaban J connectivity index is 3.80. The van der Waals surface area contributed by atoms with Crippen molar-refractivity contribution in [1.82, 2.24) is 0 Å². The fourth-order valence-corrected chi connectivity index (χ4v) is 0.744. The molecule has 0 bridgehead atoms. The van der Waals surface area contributed by atoms with Crippen LogP contribution in [0, 0.1) is 10.8 Å². The second-order valence-electron chi connectivity index (χ2n) is 1.84. The van der Waals surface area contributed by atoms with E-state index >= 15 is 0 Å². The maximum atomic E-state index is 8.42. The highest BCUT2D eigenvalue weighted by molar-refractivity contribution is 5.24. The SMILES string of the molecule is N=c1c(=N)c(=C/O)/c1=C/O. The molecule has 0 amide bonds. The Morgan fingerprint density at radius 2 is 1.20 bits per heavy atom. The first kappa shape index (κ1) is 6.54. The first-order valence-electron chi connectivity index (χ1n) is 2.59. The summed E-state index contributed by atoms with van der Waals surface area (Å²) in [7, 11) is 0. The minimum absolute atomic E-state index is 0.0391. The summed E-state index contributed by atoms with van der Waals surface area (Å²) in [6.45, 7) is 0. The van der Waals surface area contributed by atoms with Gasteiger partial charge in [-0.3, -0.25) is 10.8 Å². The number of rotatable bonds is 0. The third-order valence-corrected chi connectivity index (χ3v) is 1.34. The van der Waals surface area contributed by atoms with Gasteiger partial charge in [0.1, 0.15) is 0 Å². The quantitative estimate of drug-likeness (QED) is 0.338. The summed E-state index contributed by atoms with van der Waals surface area (Å²) >= 11 is 0. The van der Waals surface area contributed by atoms with E-state index in [4.69, 9.17) is 21.0 Å². The van der Waals surface area contributed by atoms with E-state index in [0.29, 0.717) is 12.5 Å². The molecule has 10 heavy (non-hydrogen) atoms. The third-order valence-electron chi connectivity index (χ3n) is 1.34. The lowest BCUT2D eigenvalue weighted by molar-refractivity contribution is 0.529. The zero-order valence-corrected chi connectivity index (χ0v) is 5.05. The van der Waals surface area contributed by atoms with Crippen LogP contribution >= 0.6 is 0 Å². The predicted octanol–water partition coefficient (Wildman–Crippen LogP) is -1.89. The van der Waals surface area contributed by atoms with Crippen molar-refractivity contribution in [2.75, 3.05) is 0 Å². The van der Waals surface area contributed by atoms with Crippen LogP contribution in [0.5, 0.6) is 0 Å². The van der Waals surface area contributed by atoms with E-state index in [2.05, 4.69) is 0 Å². The van der Waals surface area contributed by atoms with E-state index < -0.39 is 0 Å². The second kappa shape index (κ2) is 1.98. The molecule has 0 saturated heterocycles. The predicted molar refractivity (Wildman–Crippen MR) is 34.0 cm³/mol. The molecule has 1 aromatic rings. The van der Waals surface area contributed by atoms with E-state index in [-0.39, 0.29) is 21.2 Å². The van der Waals surface area contributed by atoms with Crippen molar-refractivity contribution in [3.63, 3.8) is 0 Å². The van der Waals surface area contributed by atoms with E-state index in [9.17, 15) is 0 Å². The van der Waals surface area contributed by atoms with Crippen LogP contribution in [-0.4, -0.2) is 10.2 Å². The molecule has 0 heterocycles. The van der Waals surface area contributed by atoms with Gasteiger partial charge in [-0.2, -0.15) is 0 Å². The van der Waals surface area contributed by atoms with Crippen LogP contribution in [0.1, 0.15) is 0 Å². The van der Waals surface area contributed by atoms with Crippen molar-refractivity contribution >= 4 is 12.5 Å². The molecule has 1 rings (SSSR count). The summed E-state index contributed by atoms with van der Waals surface area (Å²) in [5.74, 6) is 0. The lowest BCUT2D eigenvalue weighted by Crippen LogP contribution is -2.64. The van der Waals surface area contributed by atoms with Gasteiger partial charge < -0.3 is 10.2 Å². The Morgan fingerprint density at radius 1 is 0.900 bits per heavy atom. The normalized spacial score (nSPS) is 14.8. The molecule has 0 aliphatic heterocycles. The Labute approximate surface area is 55.7 Å². The topological polar surface area (TPSA) is 88.2 Å². The molecule has 4 heteroatoms. The van der Waals surface area contributed by atoms with Crippen LogP contribution < -0.4 is 21.2 Å². The smallest absolute Gasteiger partial charge is 0.0907 e. The van der Waals surface area contributed by atoms with Crippen LogP contribution in [0.25, 0.3) is 12.5 Å². The molecule has 0 aliphatic rings. The fourth-order valence-electron chi connectivity index (χ4n) is 0.744. The molecular formula is C6H6N2O2. The average Bonchev–Trinajstić information content (AvgIpc) is 1.97. The Bertz CT molecular complexity index is 381. The molecule has 0 saturated carbocycles. The summed E-state index contributed by atoms with van der Waals surface area (Å²) < 4.78 is 0. The molecule has 0 atom stereocenters. The number of hydrogen-bond acceptors (Lipinski definition) is 4. The van der Waals surface area contributed by atoms with Crippen molar-refractivity contribution in [3.05, 3.63) is 21.2 Å². The number of aliphatic hydroxyl groups is 2. The standard InChI is InChI=1S/C6H6N2O2/c7-5-3(1-9)4(2-10)6(5)8/h1-2,7-10H/b3-1-,4-2+,7-5?,8-6?. The van der Waals surface area contributed by atoms with Crippen LogP contribution in [-0.2, 0) is 0 Å². The molecule has 0 fully saturated rings. The summed E-state index contributed by atoms with van der Waals surface area (Å²) in [6.07, 6.45) is 1.42. The van der Waals surface area contributed by atoms with Gasteiger partial charge in [0.05, 0.1) is 23.2 Å². The average molecular weight is 138 g/mol. The summed E-state index contributed by atoms with van der Waals surface area (Å²) in [6, 6.07) is 0. The molecule has 0 radical (unpaired) electrons. The molecule has 4 N–H and O–H groups in total. The van der Waals surface area contributed by atoms with Gasteiger partial charge in [-0.05, 0) is 0 Å². The molecule has 0 unspecified atom stereocenters. The summed E-state index contributed by atoms with van der Waals surface area (Å²) in [5.41, 5.74) is 0. The number of nitrogens with one attached hydrogen (secondary N) is 2. The molecule has 0 spiro atoms. The van der Waals surface area contributed by atoms with Crippen LogP contribution in [0.15, 0.2) is 0 Å². The van der Waals surface area contributed by atoms with Gasteiger partial charge >= 0.3 is 0 Å². The highest BCUT2D eigenvalue weighted by atomic mass is 16.2. The monoisotopic (exact) mass is 138 g/mol. The van der Waals surface area contributed by atoms with E-state index in [1.807, 2.05) is 0 Å². The van der Waals surface area contributed by atoms with Gasteiger partial charge in [0, 0.05) is 10.4 Å². The molecule has 4 nitrogen and oxygen atoms in total. The third kappa shape index (κ3) is 0.556. The van der Waals surface area contributed by atoms with Crippen molar-refractivity contribution in [3.8, 4) is 0 Å². The molecule has 0 aliphatic carbocycles. The Kier molecular flexibility index (Phi) is 1.30. The molecular weight excluding hydrogens is 132 g/mol. The first-order valence-corrected chi connectivity index (χ1v) is 2.59. The zero-order chi connectivity index (χ0) is 7.72. The molecule has 0 aromatic heterocycles. The zero-order valence-electron chi connectivity index (χ0n) is 5.05. The lowest BCUT2D eigenvalue weighted by Gasteiger charge is -1.91. The van der Waals surface area contributed by atoms with E-state index in [1.54, 1.807) is 0 Å². The van der Waals surface area contributed by atoms with E-state index in [1.165, 1.54) is 0 Å². The fraction of sp³-hybridized carbons (Fsp3) is 0. The van der Waals surface area contributed by atoms with Crippen LogP contribution in [0.4, 0.5) is 0 Å². The second-order valence-corrected chi connectivity index (χ2v) is 1.84. The highest BCUT2D eigenvalue weighted by Crippen LogP contribution is 1.45. The van der Waals surface area contributed by atoms with Gasteiger partial charge in [0.2, 0.25) is 0 Å². The van der Waals surface area contributed by atoms with Gasteiger partial charge in [-0.1, -0.05) is 0 Å². The van der Waals surface area contributed by atoms with Gasteiger partial charge in [-0.25, -0.2) is 0 Å². The molecule has 1 aromatic carbocycles. The summed E-state index contributed by atoms with van der Waals surface area (Å²) in [5, 5.41) is 31.2. The van der Waals surface area contributed by atoms with Crippen molar-refractivity contribution in [2.24, 2.45) is 0 Å². The van der Waals surface area contributed by atoms with Gasteiger partial charge in [-0.15, -0.1) is 0 Å². The highest BCUT2D eigenvalue weighted by Gasteiger charge is 1.98. The maximum Gasteiger partial charge on any atom is 0.0907 e. The number of aliphatic hydroxyl groups excluding tert-OH is 2. The van der Waals surface area contributed by atoms with Gasteiger partial charge in [0.25, 0.3) is 0 Å². The van der Waals surface area contributed by atoms with Crippen LogP contribution in [0.2, 0.25) is 0 Å². The largest absolute Gasteiger partial charge is 0.515 e. The minimum atomic E-state index is -0.0391. The van der Waals surface area contributed by atoms with Crippen molar-refractivity contribution < 1.29 is 10.2 Å². The number of hydrogen-bond donors (Lipinski definition) is 4. The van der Waals surface area contributed by atoms with Crippen LogP contribution in [0.3, 0.4) is 0 Å². The minimum Gasteiger partial charge on any atom is -0.515 e. The van der Waals surface area contributed by atoms with Crippen molar-refractivity contribution in [2.45, 2.75) is 0 Å². The maximum absolute atomic E-state index is 8.42. The molecule has 52 valence electrons. The summed E-state index contributed by atoms with van der Waals surface area (Å²) in [4.78, 5) is 0. The van der Waals surface area contributed by atoms with E-state index in [0.717, 1.165) is 0 Å². The van der Waals surface area contributed by atoms with Crippen molar-refractivity contribution in [1.29, 1.82) is 10.8 Å². The van der Waals surface area contributed by atoms with Gasteiger partial charge in [0.15, 0.2) is 0 Å².